The van der Waals surface area contributed by atoms with Crippen molar-refractivity contribution >= 4 is 5.97 Å². The number of aliphatic carboxylic acids is 1. The number of aromatic hydroxyl groups is 1. The molecule has 28 heavy (non-hydrogen) atoms. The minimum Gasteiger partial charge on any atom is -0.508 e. The fourth-order valence-corrected chi connectivity index (χ4v) is 3.01. The molecule has 0 saturated carbocycles. The molecule has 4 N–H and O–H groups in total. The van der Waals surface area contributed by atoms with Gasteiger partial charge in [0.05, 0.1) is 12.7 Å². The molecule has 0 amide bonds. The molecular weight excluding hydrogens is 358 g/mol. The largest absolute Gasteiger partial charge is 0.508 e. The Morgan fingerprint density at radius 3 is 2.25 bits per heavy atom. The van der Waals surface area contributed by atoms with Gasteiger partial charge in [-0.25, -0.2) is 0 Å². The topological polar surface area (TPSA) is 99.0 Å². The molecule has 1 aromatic carbocycles. The van der Waals surface area contributed by atoms with Gasteiger partial charge in [0.1, 0.15) is 11.8 Å². The summed E-state index contributed by atoms with van der Waals surface area (Å²) in [7, 11) is 0. The first kappa shape index (κ1) is 24.4. The van der Waals surface area contributed by atoms with Crippen LogP contribution < -0.4 is 5.32 Å². The summed E-state index contributed by atoms with van der Waals surface area (Å²) in [5.41, 5.74) is 0.804. The molecule has 0 fully saturated rings. The minimum atomic E-state index is -0.972. The fourth-order valence-electron chi connectivity index (χ4n) is 3.01. The average Bonchev–Trinajstić information content (AvgIpc) is 2.67. The molecule has 6 heteroatoms. The Morgan fingerprint density at radius 1 is 1.04 bits per heavy atom. The van der Waals surface area contributed by atoms with Crippen molar-refractivity contribution in [3.63, 3.8) is 0 Å². The predicted octanol–water partition coefficient (Wildman–Crippen LogP) is 3.50. The molecule has 0 bridgehead atoms. The molecule has 0 aromatic heterocycles. The fraction of sp³-hybridized carbons (Fsp3) is 0.682. The Bertz CT molecular complexity index is 520. The second-order valence-corrected chi connectivity index (χ2v) is 7.37. The number of phenols is 1. The Hall–Kier alpha value is -1.63. The smallest absolute Gasteiger partial charge is 0.321 e. The first-order valence-corrected chi connectivity index (χ1v) is 10.5. The lowest BCUT2D eigenvalue weighted by Gasteiger charge is -2.18. The zero-order valence-corrected chi connectivity index (χ0v) is 17.1. The van der Waals surface area contributed by atoms with Gasteiger partial charge in [-0.1, -0.05) is 64.0 Å². The summed E-state index contributed by atoms with van der Waals surface area (Å²) in [6.45, 7) is 3.21. The highest BCUT2D eigenvalue weighted by Gasteiger charge is 2.18. The molecule has 6 nitrogen and oxygen atoms in total. The van der Waals surface area contributed by atoms with Crippen molar-refractivity contribution in [3.05, 3.63) is 29.8 Å². The third-order valence-corrected chi connectivity index (χ3v) is 4.73. The number of carboxylic acids is 1. The van der Waals surface area contributed by atoms with E-state index in [-0.39, 0.29) is 25.3 Å². The van der Waals surface area contributed by atoms with Crippen LogP contribution in [0.3, 0.4) is 0 Å². The van der Waals surface area contributed by atoms with E-state index in [2.05, 4.69) is 12.2 Å². The minimum absolute atomic E-state index is 0.146. The molecule has 1 unspecified atom stereocenters. The lowest BCUT2D eigenvalue weighted by atomic mass is 10.1. The van der Waals surface area contributed by atoms with Crippen LogP contribution in [-0.2, 0) is 16.0 Å². The summed E-state index contributed by atoms with van der Waals surface area (Å²) >= 11 is 0. The number of hydrogen-bond donors (Lipinski definition) is 4. The second kappa shape index (κ2) is 15.3. The second-order valence-electron chi connectivity index (χ2n) is 7.37. The lowest BCUT2D eigenvalue weighted by molar-refractivity contribution is -0.139. The van der Waals surface area contributed by atoms with Gasteiger partial charge in [-0.15, -0.1) is 0 Å². The van der Waals surface area contributed by atoms with Crippen LogP contribution in [0.4, 0.5) is 0 Å². The van der Waals surface area contributed by atoms with Crippen LogP contribution in [0, 0.1) is 0 Å². The van der Waals surface area contributed by atoms with E-state index in [0.29, 0.717) is 6.61 Å². The third kappa shape index (κ3) is 12.0. The summed E-state index contributed by atoms with van der Waals surface area (Å²) in [4.78, 5) is 11.4. The standard InChI is InChI=1S/C22H37NO5/c1-2-3-4-5-6-7-8-9-14-28-17-20(25)16-23-21(22(26)27)15-18-10-12-19(24)13-11-18/h10-13,20-21,23-25H,2-9,14-17H2,1H3,(H,26,27)/t20?,21-/m0/s1. The summed E-state index contributed by atoms with van der Waals surface area (Å²) in [6, 6.07) is 5.64. The van der Waals surface area contributed by atoms with Crippen LogP contribution in [0.1, 0.15) is 63.9 Å². The number of phenolic OH excluding ortho intramolecular Hbond substituents is 1. The van der Waals surface area contributed by atoms with Crippen LogP contribution >= 0.6 is 0 Å². The quantitative estimate of drug-likeness (QED) is 0.301. The number of hydrogen-bond acceptors (Lipinski definition) is 5. The molecule has 0 heterocycles. The first-order valence-electron chi connectivity index (χ1n) is 10.5. The van der Waals surface area contributed by atoms with Crippen LogP contribution in [0.2, 0.25) is 0 Å². The van der Waals surface area contributed by atoms with Gasteiger partial charge in [-0.3, -0.25) is 4.79 Å². The van der Waals surface area contributed by atoms with Gasteiger partial charge < -0.3 is 25.4 Å². The van der Waals surface area contributed by atoms with E-state index in [1.807, 2.05) is 0 Å². The highest BCUT2D eigenvalue weighted by molar-refractivity contribution is 5.73. The number of nitrogens with one attached hydrogen (secondary N) is 1. The number of carboxylic acid groups (broad SMARTS) is 1. The number of ether oxygens (including phenoxy) is 1. The Morgan fingerprint density at radius 2 is 1.64 bits per heavy atom. The van der Waals surface area contributed by atoms with Gasteiger partial charge in [0.15, 0.2) is 0 Å². The van der Waals surface area contributed by atoms with Crippen molar-refractivity contribution in [2.45, 2.75) is 76.9 Å². The van der Waals surface area contributed by atoms with Crippen LogP contribution in [0.25, 0.3) is 0 Å². The molecule has 0 aliphatic carbocycles. The van der Waals surface area contributed by atoms with Gasteiger partial charge in [0.2, 0.25) is 0 Å². The normalized spacial score (nSPS) is 13.4. The van der Waals surface area contributed by atoms with E-state index < -0.39 is 18.1 Å². The molecule has 0 aliphatic rings. The van der Waals surface area contributed by atoms with E-state index in [4.69, 9.17) is 4.74 Å². The summed E-state index contributed by atoms with van der Waals surface area (Å²) in [5, 5.41) is 31.5. The maximum absolute atomic E-state index is 11.4. The Labute approximate surface area is 168 Å². The van der Waals surface area contributed by atoms with Crippen LogP contribution in [-0.4, -0.2) is 53.2 Å². The molecule has 0 saturated heterocycles. The van der Waals surface area contributed by atoms with Crippen molar-refractivity contribution in [3.8, 4) is 5.75 Å². The SMILES string of the molecule is CCCCCCCCCCOCC(O)CN[C@@H](Cc1ccc(O)cc1)C(=O)O. The van der Waals surface area contributed by atoms with Gasteiger partial charge >= 0.3 is 5.97 Å². The molecule has 1 rings (SSSR count). The van der Waals surface area contributed by atoms with Gasteiger partial charge in [0.25, 0.3) is 0 Å². The highest BCUT2D eigenvalue weighted by Crippen LogP contribution is 2.11. The van der Waals surface area contributed by atoms with E-state index >= 15 is 0 Å². The van der Waals surface area contributed by atoms with Crippen LogP contribution in [0.5, 0.6) is 5.75 Å². The summed E-state index contributed by atoms with van der Waals surface area (Å²) in [5.74, 6) is -0.826. The van der Waals surface area contributed by atoms with Crippen LogP contribution in [0.15, 0.2) is 24.3 Å². The van der Waals surface area contributed by atoms with Crippen molar-refractivity contribution in [1.29, 1.82) is 0 Å². The van der Waals surface area contributed by atoms with E-state index in [1.54, 1.807) is 12.1 Å². The molecular formula is C22H37NO5. The van der Waals surface area contributed by atoms with Crippen molar-refractivity contribution in [2.24, 2.45) is 0 Å². The van der Waals surface area contributed by atoms with Crippen molar-refractivity contribution < 1.29 is 24.9 Å². The van der Waals surface area contributed by atoms with E-state index in [9.17, 15) is 20.1 Å². The monoisotopic (exact) mass is 395 g/mol. The number of rotatable bonds is 17. The zero-order chi connectivity index (χ0) is 20.6. The third-order valence-electron chi connectivity index (χ3n) is 4.73. The van der Waals surface area contributed by atoms with Crippen molar-refractivity contribution in [2.75, 3.05) is 19.8 Å². The molecule has 2 atom stereocenters. The van der Waals surface area contributed by atoms with E-state index in [1.165, 1.54) is 50.7 Å². The number of carbonyl (C=O) groups is 1. The van der Waals surface area contributed by atoms with Gasteiger partial charge in [-0.05, 0) is 30.5 Å². The Balaban J connectivity index is 2.10. The van der Waals surface area contributed by atoms with Crippen molar-refractivity contribution in [1.82, 2.24) is 5.32 Å². The maximum atomic E-state index is 11.4. The first-order chi connectivity index (χ1) is 13.5. The lowest BCUT2D eigenvalue weighted by Crippen LogP contribution is -2.43. The average molecular weight is 396 g/mol. The summed E-state index contributed by atoms with van der Waals surface area (Å²) in [6.07, 6.45) is 9.43. The highest BCUT2D eigenvalue weighted by atomic mass is 16.5. The number of benzene rings is 1. The molecule has 0 radical (unpaired) electrons. The number of aliphatic hydroxyl groups is 1. The van der Waals surface area contributed by atoms with Gasteiger partial charge in [0, 0.05) is 13.2 Å². The molecule has 0 spiro atoms. The molecule has 0 aliphatic heterocycles. The maximum Gasteiger partial charge on any atom is 0.321 e. The summed E-state index contributed by atoms with van der Waals surface area (Å²) < 4.78 is 5.50. The van der Waals surface area contributed by atoms with E-state index in [0.717, 1.165) is 18.4 Å². The number of unbranched alkanes of at least 4 members (excludes halogenated alkanes) is 7. The number of aliphatic hydroxyl groups excluding tert-OH is 1. The predicted molar refractivity (Wildman–Crippen MR) is 111 cm³/mol. The zero-order valence-electron chi connectivity index (χ0n) is 17.1. The Kier molecular flexibility index (Phi) is 13.3. The van der Waals surface area contributed by atoms with Gasteiger partial charge in [-0.2, -0.15) is 0 Å². The molecule has 160 valence electrons. The molecule has 1 aromatic rings.